The van der Waals surface area contributed by atoms with Crippen LogP contribution in [0.25, 0.3) is 33.4 Å². The number of ketones is 3. The van der Waals surface area contributed by atoms with E-state index in [1.165, 1.54) is 24.3 Å². The zero-order chi connectivity index (χ0) is 36.0. The first-order valence-corrected chi connectivity index (χ1v) is 15.6. The van der Waals surface area contributed by atoms with E-state index in [9.17, 15) is 33.9 Å². The van der Waals surface area contributed by atoms with Gasteiger partial charge in [-0.05, 0) is 51.6 Å². The Hall–Kier alpha value is -7.26. The maximum atomic E-state index is 12.1. The van der Waals surface area contributed by atoms with Gasteiger partial charge >= 0.3 is 11.9 Å². The van der Waals surface area contributed by atoms with Gasteiger partial charge in [0.1, 0.15) is 0 Å². The average Bonchev–Trinajstić information content (AvgIpc) is 3.73. The van der Waals surface area contributed by atoms with Crippen LogP contribution in [-0.4, -0.2) is 45.5 Å². The monoisotopic (exact) mass is 671 g/mol. The highest BCUT2D eigenvalue weighted by atomic mass is 16.4. The Labute approximate surface area is 289 Å². The second-order valence-corrected chi connectivity index (χ2v) is 11.7. The summed E-state index contributed by atoms with van der Waals surface area (Å²) in [6, 6.07) is 35.7. The number of hydrogen-bond donors (Lipinski definition) is 2. The van der Waals surface area contributed by atoms with Crippen molar-refractivity contribution in [3.8, 4) is 33.4 Å². The van der Waals surface area contributed by atoms with Gasteiger partial charge in [0, 0.05) is 38.9 Å². The molecule has 0 fully saturated rings. The molecule has 0 aromatic heterocycles. The van der Waals surface area contributed by atoms with Crippen LogP contribution in [0.4, 0.5) is 0 Å². The van der Waals surface area contributed by atoms with Crippen LogP contribution in [0.15, 0.2) is 127 Å². The van der Waals surface area contributed by atoms with Crippen LogP contribution in [0.1, 0.15) is 78.8 Å². The Morgan fingerprint density at radius 1 is 0.392 bits per heavy atom. The molecule has 3 aliphatic rings. The topological polar surface area (TPSA) is 166 Å². The second-order valence-electron chi connectivity index (χ2n) is 11.7. The summed E-state index contributed by atoms with van der Waals surface area (Å²) in [7, 11) is 0. The number of rotatable bonds is 3. The predicted molar refractivity (Wildman–Crippen MR) is 184 cm³/mol. The number of carboxylic acid groups (broad SMARTS) is 3. The third kappa shape index (κ3) is 5.39. The molecule has 0 spiro atoms. The fourth-order valence-electron chi connectivity index (χ4n) is 6.66. The first-order valence-electron chi connectivity index (χ1n) is 15.6. The van der Waals surface area contributed by atoms with Gasteiger partial charge in [0.25, 0.3) is 0 Å². The number of carboxylic acids is 3. The smallest absolute Gasteiger partial charge is 0.336 e. The van der Waals surface area contributed by atoms with Gasteiger partial charge in [-0.2, -0.15) is 0 Å². The van der Waals surface area contributed by atoms with Gasteiger partial charge < -0.3 is 20.1 Å². The van der Waals surface area contributed by atoms with Crippen molar-refractivity contribution in [1.29, 1.82) is 0 Å². The van der Waals surface area contributed by atoms with Gasteiger partial charge in [0.05, 0.1) is 17.1 Å². The average molecular weight is 672 g/mol. The summed E-state index contributed by atoms with van der Waals surface area (Å²) in [6.07, 6.45) is 0. The molecule has 0 radical (unpaired) electrons. The summed E-state index contributed by atoms with van der Waals surface area (Å²) < 4.78 is 0. The maximum Gasteiger partial charge on any atom is 0.336 e. The Balaban J connectivity index is 0.000000119. The SMILES string of the molecule is O=C(O)c1cccc2c1-c1ccccc1C2=O.O=C(O)c1cccc2c1C(=O)c1ccccc1-2.O=C([O-])c1ccc2c(c1)C(=O)c1ccccc1-2. The Morgan fingerprint density at radius 2 is 0.804 bits per heavy atom. The van der Waals surface area contributed by atoms with Gasteiger partial charge in [0.15, 0.2) is 17.3 Å². The van der Waals surface area contributed by atoms with Crippen molar-refractivity contribution in [2.24, 2.45) is 0 Å². The lowest BCUT2D eigenvalue weighted by Crippen LogP contribution is -2.22. The maximum absolute atomic E-state index is 12.1. The molecule has 3 aliphatic carbocycles. The molecule has 9 nitrogen and oxygen atoms in total. The third-order valence-electron chi connectivity index (χ3n) is 8.93. The summed E-state index contributed by atoms with van der Waals surface area (Å²) in [6.45, 7) is 0. The molecule has 0 atom stereocenters. The van der Waals surface area contributed by atoms with Gasteiger partial charge in [-0.1, -0.05) is 109 Å². The summed E-state index contributed by atoms with van der Waals surface area (Å²) in [5.41, 5.74) is 7.72. The molecule has 0 saturated heterocycles. The van der Waals surface area contributed by atoms with Gasteiger partial charge in [0.2, 0.25) is 0 Å². The van der Waals surface area contributed by atoms with E-state index >= 15 is 0 Å². The second kappa shape index (κ2) is 12.6. The van der Waals surface area contributed by atoms with E-state index in [2.05, 4.69) is 0 Å². The van der Waals surface area contributed by atoms with Crippen molar-refractivity contribution in [2.45, 2.75) is 0 Å². The standard InChI is InChI=1S/3C14H8O3/c15-13-10-5-2-1-4-8(10)9-6-3-7-11(12(9)13)14(16)17;15-13-9-5-2-1-4-8(9)12-10(13)6-3-7-11(12)14(16)17;15-13-11-4-2-1-3-9(11)10-6-5-8(14(16)17)7-12(10)13/h3*1-7H,(H,16,17)/p-1. The molecule has 0 saturated carbocycles. The molecule has 0 bridgehead atoms. The summed E-state index contributed by atoms with van der Waals surface area (Å²) in [5, 5.41) is 29.0. The number of carbonyl (C=O) groups excluding carboxylic acids is 4. The Kier molecular flexibility index (Phi) is 8.01. The van der Waals surface area contributed by atoms with Crippen molar-refractivity contribution >= 4 is 35.3 Å². The number of benzene rings is 6. The normalized spacial score (nSPS) is 12.1. The minimum atomic E-state index is -1.27. The molecular formula is C42H23O9-. The number of hydrogen-bond acceptors (Lipinski definition) is 7. The van der Waals surface area contributed by atoms with Crippen LogP contribution in [-0.2, 0) is 0 Å². The van der Waals surface area contributed by atoms with E-state index in [1.807, 2.05) is 24.3 Å². The highest BCUT2D eigenvalue weighted by molar-refractivity contribution is 6.26. The van der Waals surface area contributed by atoms with Crippen LogP contribution >= 0.6 is 0 Å². The summed E-state index contributed by atoms with van der Waals surface area (Å²) in [4.78, 5) is 69.3. The molecule has 0 heterocycles. The van der Waals surface area contributed by atoms with Gasteiger partial charge in [-0.15, -0.1) is 0 Å². The molecule has 51 heavy (non-hydrogen) atoms. The van der Waals surface area contributed by atoms with Crippen LogP contribution < -0.4 is 5.11 Å². The summed E-state index contributed by atoms with van der Waals surface area (Å²) >= 11 is 0. The molecule has 0 aliphatic heterocycles. The molecule has 9 heteroatoms. The van der Waals surface area contributed by atoms with Crippen LogP contribution in [0.2, 0.25) is 0 Å². The fraction of sp³-hybridized carbons (Fsp3) is 0. The molecule has 6 aromatic carbocycles. The lowest BCUT2D eigenvalue weighted by molar-refractivity contribution is -0.255. The number of fused-ring (bicyclic) bond motifs is 9. The van der Waals surface area contributed by atoms with Crippen molar-refractivity contribution in [2.75, 3.05) is 0 Å². The van der Waals surface area contributed by atoms with E-state index in [4.69, 9.17) is 10.2 Å². The molecule has 246 valence electrons. The molecule has 0 unspecified atom stereocenters. The van der Waals surface area contributed by atoms with Gasteiger partial charge in [-0.3, -0.25) is 14.4 Å². The van der Waals surface area contributed by atoms with E-state index in [0.29, 0.717) is 50.1 Å². The van der Waals surface area contributed by atoms with Crippen molar-refractivity contribution in [3.05, 3.63) is 177 Å². The largest absolute Gasteiger partial charge is 0.545 e. The first kappa shape index (κ1) is 32.3. The van der Waals surface area contributed by atoms with E-state index in [1.54, 1.807) is 78.9 Å². The quantitative estimate of drug-likeness (QED) is 0.215. The highest BCUT2D eigenvalue weighted by Gasteiger charge is 2.31. The van der Waals surface area contributed by atoms with Crippen molar-refractivity contribution < 1.29 is 44.1 Å². The Morgan fingerprint density at radius 3 is 1.37 bits per heavy atom. The minimum absolute atomic E-state index is 0.0323. The summed E-state index contributed by atoms with van der Waals surface area (Å²) in [5.74, 6) is -3.77. The van der Waals surface area contributed by atoms with E-state index in [-0.39, 0.29) is 34.0 Å². The molecule has 6 aromatic rings. The zero-order valence-electron chi connectivity index (χ0n) is 26.4. The van der Waals surface area contributed by atoms with E-state index < -0.39 is 17.9 Å². The zero-order valence-corrected chi connectivity index (χ0v) is 26.4. The van der Waals surface area contributed by atoms with Crippen molar-refractivity contribution in [3.63, 3.8) is 0 Å². The number of carbonyl (C=O) groups is 6. The molecule has 9 rings (SSSR count). The number of aromatic carboxylic acids is 3. The minimum Gasteiger partial charge on any atom is -0.545 e. The van der Waals surface area contributed by atoms with Crippen LogP contribution in [0, 0.1) is 0 Å². The molecule has 0 amide bonds. The lowest BCUT2D eigenvalue weighted by atomic mass is 10.00. The highest BCUT2D eigenvalue weighted by Crippen LogP contribution is 2.40. The van der Waals surface area contributed by atoms with Crippen LogP contribution in [0.5, 0.6) is 0 Å². The fourth-order valence-corrected chi connectivity index (χ4v) is 6.66. The molecule has 2 N–H and O–H groups in total. The van der Waals surface area contributed by atoms with Gasteiger partial charge in [-0.25, -0.2) is 9.59 Å². The van der Waals surface area contributed by atoms with Crippen LogP contribution in [0.3, 0.4) is 0 Å². The van der Waals surface area contributed by atoms with E-state index in [0.717, 1.165) is 16.7 Å². The van der Waals surface area contributed by atoms with Crippen molar-refractivity contribution in [1.82, 2.24) is 0 Å². The third-order valence-corrected chi connectivity index (χ3v) is 8.93. The first-order chi connectivity index (χ1) is 24.6. The predicted octanol–water partition coefficient (Wildman–Crippen LogP) is 6.45. The molecular weight excluding hydrogens is 648 g/mol. The lowest BCUT2D eigenvalue weighted by Gasteiger charge is -2.04. The Bertz CT molecular complexity index is 2520.